The van der Waals surface area contributed by atoms with Gasteiger partial charge in [0, 0.05) is 61.8 Å². The smallest absolute Gasteiger partial charge is 0.142 e. The molecule has 0 amide bonds. The van der Waals surface area contributed by atoms with Crippen molar-refractivity contribution in [3.63, 3.8) is 0 Å². The van der Waals surface area contributed by atoms with Gasteiger partial charge in [-0.25, -0.2) is 0 Å². The predicted octanol–water partition coefficient (Wildman–Crippen LogP) is 9.99. The molecule has 4 aromatic carbocycles. The van der Waals surface area contributed by atoms with Gasteiger partial charge in [-0.2, -0.15) is 5.26 Å². The monoisotopic (exact) mass is 786 g/mol. The van der Waals surface area contributed by atoms with E-state index in [2.05, 4.69) is 103 Å². The number of halogens is 1. The van der Waals surface area contributed by atoms with E-state index in [1.807, 2.05) is 18.2 Å². The lowest BCUT2D eigenvalue weighted by atomic mass is 9.93. The second-order valence-electron chi connectivity index (χ2n) is 15.1. The Kier molecular flexibility index (Phi) is 15.0. The van der Waals surface area contributed by atoms with Gasteiger partial charge in [-0.15, -0.1) is 0 Å². The summed E-state index contributed by atoms with van der Waals surface area (Å²) in [6, 6.07) is 29.3. The van der Waals surface area contributed by atoms with E-state index in [1.165, 1.54) is 30.4 Å². The zero-order valence-corrected chi connectivity index (χ0v) is 34.5. The number of pyridine rings is 1. The van der Waals surface area contributed by atoms with Crippen molar-refractivity contribution in [1.29, 1.82) is 5.26 Å². The fourth-order valence-electron chi connectivity index (χ4n) is 7.60. The summed E-state index contributed by atoms with van der Waals surface area (Å²) in [5, 5.41) is 19.6. The number of likely N-dealkylation sites (tertiary alicyclic amines) is 1. The number of nitrogens with zero attached hydrogens (tertiary/aromatic N) is 4. The molecule has 298 valence electrons. The first-order valence-corrected chi connectivity index (χ1v) is 20.5. The summed E-state index contributed by atoms with van der Waals surface area (Å²) in [6.07, 6.45) is 7.72. The van der Waals surface area contributed by atoms with E-state index in [4.69, 9.17) is 25.8 Å². The molecule has 2 heterocycles. The molecule has 1 saturated heterocycles. The van der Waals surface area contributed by atoms with Crippen LogP contribution in [0.5, 0.6) is 17.2 Å². The van der Waals surface area contributed by atoms with Crippen LogP contribution >= 0.6 is 11.6 Å². The highest BCUT2D eigenvalue weighted by Gasteiger charge is 2.22. The van der Waals surface area contributed by atoms with Gasteiger partial charge >= 0.3 is 0 Å². The Hall–Kier alpha value is -4.91. The molecule has 1 aliphatic heterocycles. The fourth-order valence-corrected chi connectivity index (χ4v) is 7.85. The summed E-state index contributed by atoms with van der Waals surface area (Å²) in [6.45, 7) is 14.0. The average molecular weight is 787 g/mol. The Labute approximate surface area is 343 Å². The standard InChI is InChI=1S/C48H55ClN4O4/c1-34-12-5-6-14-40(34)30-52(21-22-54)19-11-23-55-46-18-10-17-44(37(46)4)43-16-9-15-41(36(43)3)33-57-48-26-47(56-32-39-24-38(27-50)28-51-29-39)42(25-45(48)49)31-53-20-8-7-13-35(53)2/h5-6,9-10,12,14-18,24-26,28-29,35,54H,7-8,11,13,19-23,30-33H2,1-4H3/t35-/m1/s1. The molecule has 1 aromatic heterocycles. The van der Waals surface area contributed by atoms with Crippen LogP contribution in [0.1, 0.15) is 77.1 Å². The number of aryl methyl sites for hydroxylation is 1. The quantitative estimate of drug-likeness (QED) is 0.0879. The molecule has 9 heteroatoms. The lowest BCUT2D eigenvalue weighted by Gasteiger charge is -2.33. The number of benzene rings is 4. The van der Waals surface area contributed by atoms with E-state index < -0.39 is 0 Å². The van der Waals surface area contributed by atoms with Gasteiger partial charge in [0.1, 0.15) is 36.5 Å². The van der Waals surface area contributed by atoms with Crippen molar-refractivity contribution in [2.45, 2.75) is 85.7 Å². The lowest BCUT2D eigenvalue weighted by Crippen LogP contribution is -2.36. The van der Waals surface area contributed by atoms with Crippen LogP contribution in [0.25, 0.3) is 11.1 Å². The molecule has 57 heavy (non-hydrogen) atoms. The van der Waals surface area contributed by atoms with E-state index in [1.54, 1.807) is 18.5 Å². The molecular formula is C48H55ClN4O4. The molecule has 1 aliphatic rings. The minimum absolute atomic E-state index is 0.128. The molecule has 1 fully saturated rings. The minimum atomic E-state index is 0.128. The molecule has 6 rings (SSSR count). The zero-order valence-electron chi connectivity index (χ0n) is 33.8. The van der Waals surface area contributed by atoms with Crippen LogP contribution in [0.4, 0.5) is 0 Å². The van der Waals surface area contributed by atoms with Crippen molar-refractivity contribution in [2.24, 2.45) is 0 Å². The third-order valence-corrected chi connectivity index (χ3v) is 11.4. The van der Waals surface area contributed by atoms with E-state index in [9.17, 15) is 10.4 Å². The van der Waals surface area contributed by atoms with Crippen molar-refractivity contribution < 1.29 is 19.3 Å². The van der Waals surface area contributed by atoms with Crippen LogP contribution in [0, 0.1) is 32.1 Å². The van der Waals surface area contributed by atoms with Crippen LogP contribution < -0.4 is 14.2 Å². The predicted molar refractivity (Wildman–Crippen MR) is 228 cm³/mol. The maximum Gasteiger partial charge on any atom is 0.142 e. The van der Waals surface area contributed by atoms with Crippen LogP contribution in [0.15, 0.2) is 91.3 Å². The van der Waals surface area contributed by atoms with Crippen molar-refractivity contribution in [3.05, 3.63) is 141 Å². The highest BCUT2D eigenvalue weighted by Crippen LogP contribution is 2.37. The fraction of sp³-hybridized carbons (Fsp3) is 0.375. The second kappa shape index (κ2) is 20.5. The van der Waals surface area contributed by atoms with Gasteiger partial charge in [0.15, 0.2) is 0 Å². The van der Waals surface area contributed by atoms with Gasteiger partial charge in [-0.05, 0) is 111 Å². The first-order valence-electron chi connectivity index (χ1n) is 20.1. The summed E-state index contributed by atoms with van der Waals surface area (Å²) in [5.74, 6) is 2.13. The van der Waals surface area contributed by atoms with Crippen molar-refractivity contribution in [1.82, 2.24) is 14.8 Å². The third-order valence-electron chi connectivity index (χ3n) is 11.1. The van der Waals surface area contributed by atoms with E-state index in [0.29, 0.717) is 47.9 Å². The van der Waals surface area contributed by atoms with Crippen LogP contribution in [-0.4, -0.2) is 58.8 Å². The number of hydrogen-bond acceptors (Lipinski definition) is 8. The Morgan fingerprint density at radius 2 is 1.60 bits per heavy atom. The lowest BCUT2D eigenvalue weighted by molar-refractivity contribution is 0.150. The van der Waals surface area contributed by atoms with Crippen LogP contribution in [0.3, 0.4) is 0 Å². The Morgan fingerprint density at radius 1 is 0.825 bits per heavy atom. The average Bonchev–Trinajstić information content (AvgIpc) is 3.21. The Bertz CT molecular complexity index is 2150. The highest BCUT2D eigenvalue weighted by molar-refractivity contribution is 6.32. The molecule has 0 unspecified atom stereocenters. The number of aliphatic hydroxyl groups is 1. The Morgan fingerprint density at radius 3 is 2.39 bits per heavy atom. The third kappa shape index (κ3) is 11.1. The molecule has 1 N–H and O–H groups in total. The largest absolute Gasteiger partial charge is 0.493 e. The molecule has 0 spiro atoms. The minimum Gasteiger partial charge on any atom is -0.493 e. The van der Waals surface area contributed by atoms with Gasteiger partial charge in [0.2, 0.25) is 0 Å². The molecule has 8 nitrogen and oxygen atoms in total. The SMILES string of the molecule is Cc1ccccc1CN(CCO)CCCOc1cccc(-c2cccc(COc3cc(OCc4cncc(C#N)c4)c(CN4CCCC[C@H]4C)cc3Cl)c2C)c1C. The van der Waals surface area contributed by atoms with Gasteiger partial charge < -0.3 is 19.3 Å². The summed E-state index contributed by atoms with van der Waals surface area (Å²) in [4.78, 5) is 8.97. The summed E-state index contributed by atoms with van der Waals surface area (Å²) >= 11 is 6.94. The molecule has 0 aliphatic carbocycles. The number of rotatable bonds is 18. The summed E-state index contributed by atoms with van der Waals surface area (Å²) in [7, 11) is 0. The van der Waals surface area contributed by atoms with E-state index in [0.717, 1.165) is 77.3 Å². The number of piperidine rings is 1. The summed E-state index contributed by atoms with van der Waals surface area (Å²) < 4.78 is 19.2. The van der Waals surface area contributed by atoms with E-state index >= 15 is 0 Å². The molecule has 0 radical (unpaired) electrons. The molecular weight excluding hydrogens is 732 g/mol. The molecule has 0 bridgehead atoms. The first kappa shape index (κ1) is 41.7. The normalized spacial score (nSPS) is 14.4. The topological polar surface area (TPSA) is 91.1 Å². The number of aliphatic hydroxyl groups excluding tert-OH is 1. The number of nitriles is 1. The maximum absolute atomic E-state index is 9.69. The highest BCUT2D eigenvalue weighted by atomic mass is 35.5. The summed E-state index contributed by atoms with van der Waals surface area (Å²) in [5.41, 5.74) is 10.4. The number of ether oxygens (including phenoxy) is 3. The molecule has 1 atom stereocenters. The second-order valence-corrected chi connectivity index (χ2v) is 15.5. The van der Waals surface area contributed by atoms with Gasteiger partial charge in [-0.3, -0.25) is 14.8 Å². The number of aromatic nitrogens is 1. The van der Waals surface area contributed by atoms with Gasteiger partial charge in [0.25, 0.3) is 0 Å². The van der Waals surface area contributed by atoms with Crippen molar-refractivity contribution >= 4 is 11.6 Å². The number of hydrogen-bond donors (Lipinski definition) is 1. The molecule has 0 saturated carbocycles. The van der Waals surface area contributed by atoms with Crippen LogP contribution in [0.2, 0.25) is 5.02 Å². The van der Waals surface area contributed by atoms with Crippen LogP contribution in [-0.2, 0) is 26.3 Å². The van der Waals surface area contributed by atoms with Crippen molar-refractivity contribution in [2.75, 3.05) is 32.8 Å². The maximum atomic E-state index is 9.69. The Balaban J connectivity index is 1.14. The van der Waals surface area contributed by atoms with E-state index in [-0.39, 0.29) is 13.2 Å². The van der Waals surface area contributed by atoms with Gasteiger partial charge in [-0.1, -0.05) is 72.6 Å². The molecule has 5 aromatic rings. The van der Waals surface area contributed by atoms with Gasteiger partial charge in [0.05, 0.1) is 23.8 Å². The first-order chi connectivity index (χ1) is 27.7. The zero-order chi connectivity index (χ0) is 40.1. The van der Waals surface area contributed by atoms with Crippen molar-refractivity contribution in [3.8, 4) is 34.4 Å².